The van der Waals surface area contributed by atoms with Gasteiger partial charge < -0.3 is 10.1 Å². The van der Waals surface area contributed by atoms with E-state index >= 15 is 0 Å². The van der Waals surface area contributed by atoms with Crippen molar-refractivity contribution in [3.05, 3.63) is 0 Å². The molecule has 1 N–H and O–H groups in total. The number of rotatable bonds is 2. The molecule has 0 radical (unpaired) electrons. The Hall–Kier alpha value is -0.380. The average Bonchev–Trinajstić information content (AvgIpc) is 2.16. The number of carbonyl (C=O) groups excluding carboxylic acids is 1. The summed E-state index contributed by atoms with van der Waals surface area (Å²) in [5.74, 6) is 0. The first-order valence-electron chi connectivity index (χ1n) is 5.92. The van der Waals surface area contributed by atoms with Gasteiger partial charge in [0.15, 0.2) is 0 Å². The van der Waals surface area contributed by atoms with Crippen molar-refractivity contribution in [2.75, 3.05) is 6.26 Å². The molecule has 3 nitrogen and oxygen atoms in total. The number of nitrogens with one attached hydrogen (secondary N) is 1. The number of amides is 1. The van der Waals surface area contributed by atoms with Crippen molar-refractivity contribution in [3.63, 3.8) is 0 Å². The van der Waals surface area contributed by atoms with Gasteiger partial charge in [-0.2, -0.15) is 11.8 Å². The Morgan fingerprint density at radius 3 is 2.25 bits per heavy atom. The summed E-state index contributed by atoms with van der Waals surface area (Å²) in [6.07, 6.45) is 6.32. The number of carbonyl (C=O) groups is 1. The molecular formula is C12H23NO2S. The molecule has 94 valence electrons. The lowest BCUT2D eigenvalue weighted by Gasteiger charge is -2.28. The quantitative estimate of drug-likeness (QED) is 0.812. The molecule has 1 amide bonds. The van der Waals surface area contributed by atoms with Gasteiger partial charge in [0.25, 0.3) is 0 Å². The van der Waals surface area contributed by atoms with Crippen molar-refractivity contribution in [2.45, 2.75) is 63.3 Å². The van der Waals surface area contributed by atoms with Gasteiger partial charge in [-0.1, -0.05) is 0 Å². The summed E-state index contributed by atoms with van der Waals surface area (Å²) in [7, 11) is 0. The van der Waals surface area contributed by atoms with Crippen LogP contribution < -0.4 is 5.32 Å². The Bertz CT molecular complexity index is 230. The van der Waals surface area contributed by atoms with Crippen LogP contribution in [0.2, 0.25) is 0 Å². The van der Waals surface area contributed by atoms with Crippen LogP contribution in [0.4, 0.5) is 4.79 Å². The first-order chi connectivity index (χ1) is 7.40. The third kappa shape index (κ3) is 5.10. The van der Waals surface area contributed by atoms with Gasteiger partial charge >= 0.3 is 6.09 Å². The zero-order valence-electron chi connectivity index (χ0n) is 10.7. The van der Waals surface area contributed by atoms with Crippen LogP contribution in [0.1, 0.15) is 46.5 Å². The number of hydrogen-bond donors (Lipinski definition) is 1. The maximum atomic E-state index is 11.5. The van der Waals surface area contributed by atoms with Crippen LogP contribution in [0.3, 0.4) is 0 Å². The molecule has 0 spiro atoms. The maximum absolute atomic E-state index is 11.5. The third-order valence-electron chi connectivity index (χ3n) is 2.71. The maximum Gasteiger partial charge on any atom is 0.407 e. The molecule has 1 saturated carbocycles. The van der Waals surface area contributed by atoms with Crippen LogP contribution in [0.25, 0.3) is 0 Å². The zero-order chi connectivity index (χ0) is 12.2. The van der Waals surface area contributed by atoms with Crippen molar-refractivity contribution < 1.29 is 9.53 Å². The van der Waals surface area contributed by atoms with E-state index in [0.29, 0.717) is 0 Å². The van der Waals surface area contributed by atoms with Crippen molar-refractivity contribution in [3.8, 4) is 0 Å². The highest BCUT2D eigenvalue weighted by Gasteiger charge is 2.24. The largest absolute Gasteiger partial charge is 0.446 e. The van der Waals surface area contributed by atoms with E-state index in [2.05, 4.69) is 11.6 Å². The Balaban J connectivity index is 2.26. The summed E-state index contributed by atoms with van der Waals surface area (Å²) in [5, 5.41) is 3.58. The third-order valence-corrected chi connectivity index (χ3v) is 3.84. The Morgan fingerprint density at radius 1 is 1.25 bits per heavy atom. The summed E-state index contributed by atoms with van der Waals surface area (Å²) in [4.78, 5) is 11.5. The van der Waals surface area contributed by atoms with Crippen LogP contribution in [0.15, 0.2) is 0 Å². The first kappa shape index (κ1) is 13.7. The molecule has 0 heterocycles. The van der Waals surface area contributed by atoms with Crippen molar-refractivity contribution in [2.24, 2.45) is 0 Å². The lowest BCUT2D eigenvalue weighted by Crippen LogP contribution is -2.42. The van der Waals surface area contributed by atoms with Gasteiger partial charge in [0.05, 0.1) is 0 Å². The topological polar surface area (TPSA) is 38.3 Å². The second-order valence-corrected chi connectivity index (χ2v) is 6.55. The van der Waals surface area contributed by atoms with Gasteiger partial charge in [-0.3, -0.25) is 0 Å². The molecule has 1 fully saturated rings. The van der Waals surface area contributed by atoms with E-state index in [4.69, 9.17) is 4.74 Å². The highest BCUT2D eigenvalue weighted by Crippen LogP contribution is 2.28. The van der Waals surface area contributed by atoms with Crippen molar-refractivity contribution >= 4 is 17.9 Å². The lowest BCUT2D eigenvalue weighted by molar-refractivity contribution is 0.0712. The molecular weight excluding hydrogens is 222 g/mol. The van der Waals surface area contributed by atoms with Gasteiger partial charge in [-0.05, 0) is 52.7 Å². The van der Waals surface area contributed by atoms with Crippen LogP contribution in [-0.2, 0) is 4.74 Å². The SMILES string of the molecule is CSC1CCC(OC(=O)NC(C)(C)C)CC1. The zero-order valence-corrected chi connectivity index (χ0v) is 11.5. The number of alkyl carbamates (subject to hydrolysis) is 1. The molecule has 1 aliphatic rings. The minimum Gasteiger partial charge on any atom is -0.446 e. The van der Waals surface area contributed by atoms with E-state index in [1.54, 1.807) is 0 Å². The van der Waals surface area contributed by atoms with E-state index in [9.17, 15) is 4.79 Å². The first-order valence-corrected chi connectivity index (χ1v) is 7.21. The smallest absolute Gasteiger partial charge is 0.407 e. The van der Waals surface area contributed by atoms with Crippen LogP contribution in [-0.4, -0.2) is 29.2 Å². The summed E-state index contributed by atoms with van der Waals surface area (Å²) in [6.45, 7) is 5.87. The van der Waals surface area contributed by atoms with Crippen molar-refractivity contribution in [1.82, 2.24) is 5.32 Å². The standard InChI is InChI=1S/C12H23NO2S/c1-12(2,3)13-11(14)15-9-5-7-10(16-4)8-6-9/h9-10H,5-8H2,1-4H3,(H,13,14). The monoisotopic (exact) mass is 245 g/mol. The normalized spacial score (nSPS) is 26.2. The van der Waals surface area contributed by atoms with E-state index < -0.39 is 0 Å². The minimum atomic E-state index is -0.278. The summed E-state index contributed by atoms with van der Waals surface area (Å²) >= 11 is 1.92. The number of thioether (sulfide) groups is 1. The molecule has 0 aliphatic heterocycles. The lowest BCUT2D eigenvalue weighted by atomic mass is 9.97. The number of ether oxygens (including phenoxy) is 1. The molecule has 4 heteroatoms. The molecule has 1 aliphatic carbocycles. The molecule has 0 atom stereocenters. The molecule has 0 aromatic heterocycles. The van der Waals surface area contributed by atoms with Gasteiger partial charge in [0.2, 0.25) is 0 Å². The van der Waals surface area contributed by atoms with Crippen LogP contribution >= 0.6 is 11.8 Å². The highest BCUT2D eigenvalue weighted by atomic mass is 32.2. The predicted molar refractivity (Wildman–Crippen MR) is 68.9 cm³/mol. The van der Waals surface area contributed by atoms with Gasteiger partial charge in [0, 0.05) is 10.8 Å². The summed E-state index contributed by atoms with van der Waals surface area (Å²) < 4.78 is 5.40. The van der Waals surface area contributed by atoms with E-state index in [1.165, 1.54) is 0 Å². The van der Waals surface area contributed by atoms with Crippen molar-refractivity contribution in [1.29, 1.82) is 0 Å². The second-order valence-electron chi connectivity index (χ2n) is 5.41. The molecule has 1 rings (SSSR count). The minimum absolute atomic E-state index is 0.116. The Kier molecular flexibility index (Phi) is 4.96. The predicted octanol–water partition coefficient (Wildman–Crippen LogP) is 3.19. The van der Waals surface area contributed by atoms with Gasteiger partial charge in [-0.15, -0.1) is 0 Å². The summed E-state index contributed by atoms with van der Waals surface area (Å²) in [5.41, 5.74) is -0.215. The highest BCUT2D eigenvalue weighted by molar-refractivity contribution is 7.99. The van der Waals surface area contributed by atoms with Gasteiger partial charge in [0.1, 0.15) is 6.10 Å². The van der Waals surface area contributed by atoms with E-state index in [-0.39, 0.29) is 17.7 Å². The van der Waals surface area contributed by atoms with E-state index in [1.807, 2.05) is 32.5 Å². The number of hydrogen-bond acceptors (Lipinski definition) is 3. The molecule has 0 aromatic rings. The summed E-state index contributed by atoms with van der Waals surface area (Å²) in [6, 6.07) is 0. The second kappa shape index (κ2) is 5.80. The Labute approximate surface area is 103 Å². The van der Waals surface area contributed by atoms with Gasteiger partial charge in [-0.25, -0.2) is 4.79 Å². The fraction of sp³-hybridized carbons (Fsp3) is 0.917. The molecule has 16 heavy (non-hydrogen) atoms. The molecule has 0 aromatic carbocycles. The fourth-order valence-electron chi connectivity index (χ4n) is 1.87. The molecule has 0 unspecified atom stereocenters. The van der Waals surface area contributed by atoms with Crippen LogP contribution in [0.5, 0.6) is 0 Å². The average molecular weight is 245 g/mol. The molecule has 0 bridgehead atoms. The van der Waals surface area contributed by atoms with Crippen LogP contribution in [0, 0.1) is 0 Å². The Morgan fingerprint density at radius 2 is 1.81 bits per heavy atom. The fourth-order valence-corrected chi connectivity index (χ4v) is 2.62. The molecule has 0 saturated heterocycles. The van der Waals surface area contributed by atoms with E-state index in [0.717, 1.165) is 30.9 Å².